The van der Waals surface area contributed by atoms with Crippen molar-refractivity contribution < 1.29 is 19.0 Å². The molecule has 156 valence electrons. The van der Waals surface area contributed by atoms with Crippen LogP contribution >= 0.6 is 0 Å². The van der Waals surface area contributed by atoms with Gasteiger partial charge in [0.15, 0.2) is 17.3 Å². The number of para-hydroxylation sites is 1. The molecule has 0 amide bonds. The summed E-state index contributed by atoms with van der Waals surface area (Å²) in [6, 6.07) is 20.9. The molecule has 0 saturated carbocycles. The summed E-state index contributed by atoms with van der Waals surface area (Å²) in [4.78, 5) is 17.6. The molecule has 0 unspecified atom stereocenters. The van der Waals surface area contributed by atoms with Crippen LogP contribution in [0.25, 0.3) is 0 Å². The van der Waals surface area contributed by atoms with Crippen LogP contribution in [0.2, 0.25) is 0 Å². The van der Waals surface area contributed by atoms with E-state index in [9.17, 15) is 4.79 Å². The van der Waals surface area contributed by atoms with E-state index in [4.69, 9.17) is 14.2 Å². The number of carbonyl (C=O) groups is 1. The second kappa shape index (κ2) is 8.64. The molecule has 2 heterocycles. The van der Waals surface area contributed by atoms with Gasteiger partial charge in [0.2, 0.25) is 0 Å². The highest BCUT2D eigenvalue weighted by Crippen LogP contribution is 2.35. The van der Waals surface area contributed by atoms with Crippen molar-refractivity contribution in [2.45, 2.75) is 19.3 Å². The lowest BCUT2D eigenvalue weighted by molar-refractivity contribution is 0.100. The van der Waals surface area contributed by atoms with Crippen LogP contribution in [0.1, 0.15) is 34.3 Å². The van der Waals surface area contributed by atoms with E-state index in [1.54, 1.807) is 12.1 Å². The molecule has 0 spiro atoms. The van der Waals surface area contributed by atoms with Gasteiger partial charge in [0.25, 0.3) is 0 Å². The first-order valence-corrected chi connectivity index (χ1v) is 10.6. The van der Waals surface area contributed by atoms with Crippen molar-refractivity contribution >= 4 is 11.5 Å². The number of hydrogen-bond donors (Lipinski definition) is 0. The first-order valence-electron chi connectivity index (χ1n) is 10.6. The van der Waals surface area contributed by atoms with Gasteiger partial charge in [0.05, 0.1) is 25.3 Å². The van der Waals surface area contributed by atoms with E-state index in [1.807, 2.05) is 54.6 Å². The van der Waals surface area contributed by atoms with Crippen LogP contribution in [0.3, 0.4) is 0 Å². The highest BCUT2D eigenvalue weighted by Gasteiger charge is 2.22. The number of Topliss-reactive ketones (excluding diaryl/α,β-unsaturated/α-hetero) is 1. The van der Waals surface area contributed by atoms with Gasteiger partial charge >= 0.3 is 0 Å². The zero-order valence-electron chi connectivity index (χ0n) is 17.2. The van der Waals surface area contributed by atoms with Gasteiger partial charge in [-0.25, -0.2) is 0 Å². The normalized spacial score (nSPS) is 14.8. The van der Waals surface area contributed by atoms with Crippen LogP contribution in [0.4, 0.5) is 0 Å². The summed E-state index contributed by atoms with van der Waals surface area (Å²) in [7, 11) is 0. The Morgan fingerprint density at radius 3 is 2.39 bits per heavy atom. The molecule has 0 fully saturated rings. The molecule has 5 nitrogen and oxygen atoms in total. The fraction of sp³-hybridized carbons (Fsp3) is 0.231. The van der Waals surface area contributed by atoms with Crippen molar-refractivity contribution in [3.05, 3.63) is 83.4 Å². The number of rotatable bonds is 5. The Kier molecular flexibility index (Phi) is 5.40. The lowest BCUT2D eigenvalue weighted by Crippen LogP contribution is -2.17. The fourth-order valence-corrected chi connectivity index (χ4v) is 3.86. The predicted octanol–water partition coefficient (Wildman–Crippen LogP) is 5.26. The monoisotopic (exact) mass is 413 g/mol. The molecule has 0 atom stereocenters. The molecule has 3 aromatic rings. The van der Waals surface area contributed by atoms with Gasteiger partial charge in [0.1, 0.15) is 11.5 Å². The summed E-state index contributed by atoms with van der Waals surface area (Å²) in [6.45, 7) is 1.98. The molecule has 0 N–H and O–H groups in total. The molecule has 0 aromatic heterocycles. The van der Waals surface area contributed by atoms with Crippen LogP contribution in [0, 0.1) is 0 Å². The average molecular weight is 413 g/mol. The van der Waals surface area contributed by atoms with Crippen LogP contribution in [-0.4, -0.2) is 31.3 Å². The van der Waals surface area contributed by atoms with Crippen molar-refractivity contribution in [2.75, 3.05) is 19.8 Å². The van der Waals surface area contributed by atoms with E-state index < -0.39 is 0 Å². The lowest BCUT2D eigenvalue weighted by Gasteiger charge is -2.19. The average Bonchev–Trinajstić information content (AvgIpc) is 3.04. The minimum absolute atomic E-state index is 0.0324. The van der Waals surface area contributed by atoms with E-state index in [0.717, 1.165) is 46.9 Å². The molecule has 0 radical (unpaired) electrons. The Bertz CT molecular complexity index is 1120. The molecule has 5 heteroatoms. The number of hydrogen-bond acceptors (Lipinski definition) is 5. The Morgan fingerprint density at radius 1 is 0.903 bits per heavy atom. The van der Waals surface area contributed by atoms with Crippen molar-refractivity contribution in [1.29, 1.82) is 0 Å². The lowest BCUT2D eigenvalue weighted by atomic mass is 9.92. The molecule has 31 heavy (non-hydrogen) atoms. The molecular formula is C26H23NO4. The fourth-order valence-electron chi connectivity index (χ4n) is 3.86. The van der Waals surface area contributed by atoms with Gasteiger partial charge in [-0.05, 0) is 60.5 Å². The third kappa shape index (κ3) is 4.31. The second-order valence-corrected chi connectivity index (χ2v) is 7.62. The van der Waals surface area contributed by atoms with Gasteiger partial charge in [-0.3, -0.25) is 9.79 Å². The van der Waals surface area contributed by atoms with Crippen molar-refractivity contribution in [1.82, 2.24) is 0 Å². The third-order valence-electron chi connectivity index (χ3n) is 5.45. The Morgan fingerprint density at radius 2 is 1.61 bits per heavy atom. The van der Waals surface area contributed by atoms with E-state index >= 15 is 0 Å². The summed E-state index contributed by atoms with van der Waals surface area (Å²) in [5.41, 5.74) is 3.61. The summed E-state index contributed by atoms with van der Waals surface area (Å²) in [5, 5.41) is 0. The molecule has 2 aliphatic rings. The van der Waals surface area contributed by atoms with Gasteiger partial charge in [-0.1, -0.05) is 18.2 Å². The summed E-state index contributed by atoms with van der Waals surface area (Å²) >= 11 is 0. The van der Waals surface area contributed by atoms with Gasteiger partial charge in [-0.15, -0.1) is 0 Å². The van der Waals surface area contributed by atoms with E-state index in [1.165, 1.54) is 0 Å². The van der Waals surface area contributed by atoms with E-state index in [0.29, 0.717) is 31.1 Å². The highest BCUT2D eigenvalue weighted by atomic mass is 16.5. The smallest absolute Gasteiger partial charge is 0.168 e. The maximum atomic E-state index is 13.0. The number of benzene rings is 3. The molecule has 2 aliphatic heterocycles. The summed E-state index contributed by atoms with van der Waals surface area (Å²) in [5.74, 6) is 3.02. The quantitative estimate of drug-likeness (QED) is 0.536. The number of aliphatic imine (C=N–C) groups is 1. The first-order chi connectivity index (χ1) is 15.3. The number of nitrogens with zero attached hydrogens (tertiary/aromatic N) is 1. The Labute approximate surface area is 181 Å². The molecule has 0 bridgehead atoms. The van der Waals surface area contributed by atoms with Gasteiger partial charge in [0, 0.05) is 24.1 Å². The number of carbonyl (C=O) groups excluding carboxylic acids is 1. The largest absolute Gasteiger partial charge is 0.490 e. The van der Waals surface area contributed by atoms with Gasteiger partial charge < -0.3 is 14.2 Å². The Hall–Kier alpha value is -3.60. The first kappa shape index (κ1) is 19.4. The predicted molar refractivity (Wildman–Crippen MR) is 119 cm³/mol. The topological polar surface area (TPSA) is 57.1 Å². The van der Waals surface area contributed by atoms with Crippen LogP contribution in [0.15, 0.2) is 71.7 Å². The van der Waals surface area contributed by atoms with Gasteiger partial charge in [-0.2, -0.15) is 0 Å². The maximum Gasteiger partial charge on any atom is 0.168 e. The standard InChI is InChI=1S/C26H23NO4/c28-24(18-7-9-21(10-8-18)31-20-5-2-1-3-6-20)17-23-22-16-26-25(29-13-4-14-30-26)15-19(22)11-12-27-23/h1-3,5-10,15-16H,4,11-14,17H2. The molecule has 0 aliphatic carbocycles. The second-order valence-electron chi connectivity index (χ2n) is 7.62. The minimum Gasteiger partial charge on any atom is -0.490 e. The number of fused-ring (bicyclic) bond motifs is 2. The summed E-state index contributed by atoms with van der Waals surface area (Å²) < 4.78 is 17.5. The SMILES string of the molecule is O=C(CC1=NCCc2cc3c(cc21)OCCCO3)c1ccc(Oc2ccccc2)cc1. The summed E-state index contributed by atoms with van der Waals surface area (Å²) in [6.07, 6.45) is 1.96. The molecule has 3 aromatic carbocycles. The molecule has 5 rings (SSSR count). The zero-order valence-corrected chi connectivity index (χ0v) is 17.2. The highest BCUT2D eigenvalue weighted by molar-refractivity contribution is 6.16. The van der Waals surface area contributed by atoms with E-state index in [-0.39, 0.29) is 12.2 Å². The number of ether oxygens (including phenoxy) is 3. The molecular weight excluding hydrogens is 390 g/mol. The van der Waals surface area contributed by atoms with Crippen LogP contribution in [-0.2, 0) is 6.42 Å². The minimum atomic E-state index is 0.0324. The van der Waals surface area contributed by atoms with Crippen LogP contribution < -0.4 is 14.2 Å². The molecule has 0 saturated heterocycles. The zero-order chi connectivity index (χ0) is 21.0. The van der Waals surface area contributed by atoms with E-state index in [2.05, 4.69) is 4.99 Å². The number of ketones is 1. The van der Waals surface area contributed by atoms with Crippen LogP contribution in [0.5, 0.6) is 23.0 Å². The van der Waals surface area contributed by atoms with Crippen molar-refractivity contribution in [3.63, 3.8) is 0 Å². The van der Waals surface area contributed by atoms with Crippen molar-refractivity contribution in [3.8, 4) is 23.0 Å². The third-order valence-corrected chi connectivity index (χ3v) is 5.45. The maximum absolute atomic E-state index is 13.0. The van der Waals surface area contributed by atoms with Crippen molar-refractivity contribution in [2.24, 2.45) is 4.99 Å². The Balaban J connectivity index is 1.32.